The summed E-state index contributed by atoms with van der Waals surface area (Å²) in [5.74, 6) is 1.28. The van der Waals surface area contributed by atoms with Gasteiger partial charge < -0.3 is 20.5 Å². The Morgan fingerprint density at radius 2 is 1.92 bits per heavy atom. The normalized spacial score (nSPS) is 17.4. The van der Waals surface area contributed by atoms with Gasteiger partial charge in [0.1, 0.15) is 5.82 Å². The predicted molar refractivity (Wildman–Crippen MR) is 142 cm³/mol. The van der Waals surface area contributed by atoms with Crippen LogP contribution < -0.4 is 10.6 Å². The number of benzene rings is 2. The van der Waals surface area contributed by atoms with E-state index in [1.54, 1.807) is 12.1 Å². The molecule has 8 heteroatoms. The number of fused-ring (bicyclic) bond motifs is 1. The number of hydrogen-bond acceptors (Lipinski definition) is 4. The van der Waals surface area contributed by atoms with Gasteiger partial charge in [-0.3, -0.25) is 9.59 Å². The number of piperidine rings is 1. The molecule has 3 N–H and O–H groups in total. The van der Waals surface area contributed by atoms with Crippen LogP contribution in [0.15, 0.2) is 36.4 Å². The van der Waals surface area contributed by atoms with Gasteiger partial charge in [-0.1, -0.05) is 11.6 Å². The van der Waals surface area contributed by atoms with Crippen molar-refractivity contribution in [3.8, 4) is 0 Å². The molecule has 7 nitrogen and oxygen atoms in total. The number of halogens is 1. The summed E-state index contributed by atoms with van der Waals surface area (Å²) in [6.07, 6.45) is 6.24. The number of carbonyl (C=O) groups is 2. The zero-order chi connectivity index (χ0) is 25.1. The Morgan fingerprint density at radius 1 is 1.14 bits per heavy atom. The first kappa shape index (κ1) is 24.8. The standard InChI is InChI=1S/C28H34ClN5O2/c1-18-16-20(5-7-22(18)28(36)34-14-2-3-15-34)27(35)33-24(8-4-19-10-12-30-13-11-19)26-31-23-9-6-21(29)17-25(23)32-26/h5-7,9,16-17,19,24,30H,2-4,8,10-15H2,1H3,(H,31,32)(H,33,35)/t24-/m0/s1. The van der Waals surface area contributed by atoms with Gasteiger partial charge >= 0.3 is 0 Å². The molecule has 1 aromatic heterocycles. The van der Waals surface area contributed by atoms with Gasteiger partial charge in [-0.2, -0.15) is 0 Å². The maximum absolute atomic E-state index is 13.4. The number of likely N-dealkylation sites (tertiary alicyclic amines) is 1. The molecule has 2 fully saturated rings. The lowest BCUT2D eigenvalue weighted by Gasteiger charge is -2.25. The second-order valence-electron chi connectivity index (χ2n) is 10.1. The van der Waals surface area contributed by atoms with Crippen LogP contribution in [0.3, 0.4) is 0 Å². The van der Waals surface area contributed by atoms with Gasteiger partial charge in [0.25, 0.3) is 11.8 Å². The number of aromatic nitrogens is 2. The van der Waals surface area contributed by atoms with E-state index in [1.807, 2.05) is 36.1 Å². The van der Waals surface area contributed by atoms with E-state index in [0.717, 1.165) is 87.1 Å². The summed E-state index contributed by atoms with van der Waals surface area (Å²) >= 11 is 6.18. The third kappa shape index (κ3) is 5.57. The molecular weight excluding hydrogens is 474 g/mol. The van der Waals surface area contributed by atoms with E-state index in [-0.39, 0.29) is 17.9 Å². The first-order valence-electron chi connectivity index (χ1n) is 13.0. The lowest BCUT2D eigenvalue weighted by Crippen LogP contribution is -2.32. The number of aromatic amines is 1. The molecule has 0 saturated carbocycles. The molecule has 2 aliphatic rings. The molecule has 0 radical (unpaired) electrons. The van der Waals surface area contributed by atoms with Crippen LogP contribution in [-0.4, -0.2) is 52.9 Å². The van der Waals surface area contributed by atoms with Crippen LogP contribution in [0.25, 0.3) is 11.0 Å². The zero-order valence-corrected chi connectivity index (χ0v) is 21.5. The second kappa shape index (κ2) is 11.0. The molecule has 3 aromatic rings. The largest absolute Gasteiger partial charge is 0.342 e. The monoisotopic (exact) mass is 507 g/mol. The number of carbonyl (C=O) groups excluding carboxylic acids is 2. The molecule has 1 atom stereocenters. The number of nitrogens with zero attached hydrogens (tertiary/aromatic N) is 2. The van der Waals surface area contributed by atoms with Crippen LogP contribution in [0.2, 0.25) is 5.02 Å². The van der Waals surface area contributed by atoms with E-state index in [4.69, 9.17) is 16.6 Å². The summed E-state index contributed by atoms with van der Waals surface area (Å²) < 4.78 is 0. The molecule has 0 bridgehead atoms. The Morgan fingerprint density at radius 3 is 2.67 bits per heavy atom. The van der Waals surface area contributed by atoms with Crippen molar-refractivity contribution in [1.82, 2.24) is 25.5 Å². The van der Waals surface area contributed by atoms with E-state index < -0.39 is 0 Å². The van der Waals surface area contributed by atoms with E-state index >= 15 is 0 Å². The van der Waals surface area contributed by atoms with Gasteiger partial charge in [0.05, 0.1) is 17.1 Å². The molecule has 36 heavy (non-hydrogen) atoms. The molecule has 2 amide bonds. The van der Waals surface area contributed by atoms with Gasteiger partial charge in [-0.25, -0.2) is 4.98 Å². The maximum atomic E-state index is 13.4. The van der Waals surface area contributed by atoms with Gasteiger partial charge in [-0.15, -0.1) is 0 Å². The highest BCUT2D eigenvalue weighted by Gasteiger charge is 2.24. The van der Waals surface area contributed by atoms with Crippen LogP contribution in [0.5, 0.6) is 0 Å². The van der Waals surface area contributed by atoms with Crippen molar-refractivity contribution in [1.29, 1.82) is 0 Å². The molecule has 2 aliphatic heterocycles. The Labute approximate surface area is 217 Å². The van der Waals surface area contributed by atoms with Crippen molar-refractivity contribution in [3.05, 3.63) is 63.9 Å². The van der Waals surface area contributed by atoms with Crippen molar-refractivity contribution in [2.75, 3.05) is 26.2 Å². The minimum Gasteiger partial charge on any atom is -0.342 e. The fraction of sp³-hybridized carbons (Fsp3) is 0.464. The number of H-pyrrole nitrogens is 1. The molecule has 190 valence electrons. The number of imidazole rings is 1. The van der Waals surface area contributed by atoms with Crippen molar-refractivity contribution < 1.29 is 9.59 Å². The average Bonchev–Trinajstić information content (AvgIpc) is 3.57. The number of nitrogens with one attached hydrogen (secondary N) is 3. The van der Waals surface area contributed by atoms with Crippen LogP contribution in [0.4, 0.5) is 0 Å². The Kier molecular flexibility index (Phi) is 7.58. The van der Waals surface area contributed by atoms with Crippen molar-refractivity contribution in [2.24, 2.45) is 5.92 Å². The summed E-state index contributed by atoms with van der Waals surface area (Å²) in [5, 5.41) is 7.28. The Bertz CT molecular complexity index is 1240. The summed E-state index contributed by atoms with van der Waals surface area (Å²) in [6.45, 7) is 5.61. The van der Waals surface area contributed by atoms with Crippen molar-refractivity contribution in [2.45, 2.75) is 51.5 Å². The fourth-order valence-corrected chi connectivity index (χ4v) is 5.57. The minimum atomic E-state index is -0.246. The quantitative estimate of drug-likeness (QED) is 0.419. The fourth-order valence-electron chi connectivity index (χ4n) is 5.39. The highest BCUT2D eigenvalue weighted by Crippen LogP contribution is 2.27. The summed E-state index contributed by atoms with van der Waals surface area (Å²) in [4.78, 5) is 36.3. The number of amides is 2. The Balaban J connectivity index is 1.34. The van der Waals surface area contributed by atoms with Crippen molar-refractivity contribution >= 4 is 34.4 Å². The highest BCUT2D eigenvalue weighted by atomic mass is 35.5. The number of hydrogen-bond donors (Lipinski definition) is 3. The summed E-state index contributed by atoms with van der Waals surface area (Å²) in [7, 11) is 0. The molecule has 3 heterocycles. The summed E-state index contributed by atoms with van der Waals surface area (Å²) in [5.41, 5.74) is 3.74. The first-order valence-corrected chi connectivity index (χ1v) is 13.4. The van der Waals surface area contributed by atoms with E-state index in [0.29, 0.717) is 22.1 Å². The Hall–Kier alpha value is -2.90. The van der Waals surface area contributed by atoms with Gasteiger partial charge in [0.15, 0.2) is 0 Å². The predicted octanol–water partition coefficient (Wildman–Crippen LogP) is 5.01. The lowest BCUT2D eigenvalue weighted by molar-refractivity contribution is 0.0791. The summed E-state index contributed by atoms with van der Waals surface area (Å²) in [6, 6.07) is 10.7. The van der Waals surface area contributed by atoms with Crippen LogP contribution in [0.1, 0.15) is 76.7 Å². The molecule has 0 spiro atoms. The van der Waals surface area contributed by atoms with E-state index in [9.17, 15) is 9.59 Å². The van der Waals surface area contributed by atoms with Gasteiger partial charge in [0, 0.05) is 29.2 Å². The van der Waals surface area contributed by atoms with Crippen LogP contribution >= 0.6 is 11.6 Å². The van der Waals surface area contributed by atoms with E-state index in [1.165, 1.54) is 0 Å². The molecular formula is C28H34ClN5O2. The topological polar surface area (TPSA) is 90.1 Å². The third-order valence-electron chi connectivity index (χ3n) is 7.53. The SMILES string of the molecule is Cc1cc(C(=O)N[C@@H](CCC2CCNCC2)c2nc3ccc(Cl)cc3[nH]2)ccc1C(=O)N1CCCC1. The molecule has 2 saturated heterocycles. The molecule has 5 rings (SSSR count). The molecule has 0 unspecified atom stereocenters. The molecule has 0 aliphatic carbocycles. The van der Waals surface area contributed by atoms with E-state index in [2.05, 4.69) is 15.6 Å². The molecule has 2 aromatic carbocycles. The number of aryl methyl sites for hydroxylation is 1. The lowest BCUT2D eigenvalue weighted by atomic mass is 9.91. The average molecular weight is 508 g/mol. The smallest absolute Gasteiger partial charge is 0.254 e. The van der Waals surface area contributed by atoms with Crippen LogP contribution in [-0.2, 0) is 0 Å². The van der Waals surface area contributed by atoms with Gasteiger partial charge in [0.2, 0.25) is 0 Å². The zero-order valence-electron chi connectivity index (χ0n) is 20.8. The maximum Gasteiger partial charge on any atom is 0.254 e. The first-order chi connectivity index (χ1) is 17.5. The third-order valence-corrected chi connectivity index (χ3v) is 7.77. The number of rotatable bonds is 7. The minimum absolute atomic E-state index is 0.0535. The van der Waals surface area contributed by atoms with Gasteiger partial charge in [-0.05, 0) is 106 Å². The second-order valence-corrected chi connectivity index (χ2v) is 10.5. The van der Waals surface area contributed by atoms with Crippen LogP contribution in [0, 0.1) is 12.8 Å². The van der Waals surface area contributed by atoms with Crippen molar-refractivity contribution in [3.63, 3.8) is 0 Å². The highest BCUT2D eigenvalue weighted by molar-refractivity contribution is 6.31.